The van der Waals surface area contributed by atoms with Gasteiger partial charge in [0.15, 0.2) is 5.84 Å². The van der Waals surface area contributed by atoms with Gasteiger partial charge >= 0.3 is 0 Å². The average molecular weight is 407 g/mol. The summed E-state index contributed by atoms with van der Waals surface area (Å²) in [5.74, 6) is 0.270. The van der Waals surface area contributed by atoms with Crippen LogP contribution in [0.4, 0.5) is 0 Å². The standard InChI is InChI=1S/C16H15BrN4O2S/c1-2-13-20-21-14(18)11(15(22)19-16(21)24-13)9-10-5-3-4-6-12(10)23-8-7-17/h3-6,9,18H,2,7-8H2,1H3. The van der Waals surface area contributed by atoms with Gasteiger partial charge in [-0.15, -0.1) is 0 Å². The van der Waals surface area contributed by atoms with Crippen molar-refractivity contribution < 1.29 is 9.53 Å². The Morgan fingerprint density at radius 3 is 2.96 bits per heavy atom. The first-order valence-electron chi connectivity index (χ1n) is 7.41. The molecule has 6 nitrogen and oxygen atoms in total. The van der Waals surface area contributed by atoms with E-state index in [-0.39, 0.29) is 11.4 Å². The SMILES string of the molecule is CCC1=NN2C(=N)C(=Cc3ccccc3OCCBr)C(=O)N=C2S1. The molecule has 0 saturated heterocycles. The number of halogens is 1. The van der Waals surface area contributed by atoms with E-state index in [1.54, 1.807) is 6.08 Å². The lowest BCUT2D eigenvalue weighted by atomic mass is 10.1. The monoisotopic (exact) mass is 406 g/mol. The molecule has 1 amide bonds. The largest absolute Gasteiger partial charge is 0.492 e. The summed E-state index contributed by atoms with van der Waals surface area (Å²) in [5, 5.41) is 16.1. The van der Waals surface area contributed by atoms with Crippen LogP contribution in [0, 0.1) is 5.41 Å². The van der Waals surface area contributed by atoms with Gasteiger partial charge in [0.2, 0.25) is 5.17 Å². The van der Waals surface area contributed by atoms with Gasteiger partial charge in [-0.3, -0.25) is 10.2 Å². The number of nitrogens with zero attached hydrogens (tertiary/aromatic N) is 3. The van der Waals surface area contributed by atoms with Crippen molar-refractivity contribution in [1.29, 1.82) is 5.41 Å². The average Bonchev–Trinajstić information content (AvgIpc) is 3.01. The molecule has 0 atom stereocenters. The molecule has 2 aliphatic rings. The number of amides is 1. The molecule has 1 aromatic rings. The zero-order valence-electron chi connectivity index (χ0n) is 13.0. The molecular formula is C16H15BrN4O2S. The molecular weight excluding hydrogens is 392 g/mol. The maximum atomic E-state index is 12.3. The zero-order chi connectivity index (χ0) is 17.1. The number of hydrogen-bond acceptors (Lipinski definition) is 5. The van der Waals surface area contributed by atoms with Crippen LogP contribution in [0.2, 0.25) is 0 Å². The Morgan fingerprint density at radius 1 is 1.42 bits per heavy atom. The molecule has 2 heterocycles. The third-order valence-electron chi connectivity index (χ3n) is 3.35. The van der Waals surface area contributed by atoms with E-state index in [0.717, 1.165) is 17.0 Å². The number of carbonyl (C=O) groups is 1. The van der Waals surface area contributed by atoms with E-state index in [9.17, 15) is 4.79 Å². The van der Waals surface area contributed by atoms with Gasteiger partial charge in [0.1, 0.15) is 10.8 Å². The van der Waals surface area contributed by atoms with Crippen LogP contribution in [0.5, 0.6) is 5.75 Å². The summed E-state index contributed by atoms with van der Waals surface area (Å²) >= 11 is 4.65. The van der Waals surface area contributed by atoms with Gasteiger partial charge in [0.05, 0.1) is 12.2 Å². The molecule has 0 spiro atoms. The molecule has 2 aliphatic heterocycles. The number of nitrogens with one attached hydrogen (secondary N) is 1. The van der Waals surface area contributed by atoms with E-state index in [0.29, 0.717) is 22.9 Å². The van der Waals surface area contributed by atoms with Crippen LogP contribution in [0.25, 0.3) is 6.08 Å². The van der Waals surface area contributed by atoms with Gasteiger partial charge in [0, 0.05) is 10.9 Å². The van der Waals surface area contributed by atoms with Crippen LogP contribution in [0.1, 0.15) is 18.9 Å². The Bertz CT molecular complexity index is 788. The summed E-state index contributed by atoms with van der Waals surface area (Å²) in [6, 6.07) is 7.40. The van der Waals surface area contributed by atoms with Gasteiger partial charge in [-0.05, 0) is 30.3 Å². The van der Waals surface area contributed by atoms with Crippen molar-refractivity contribution in [3.8, 4) is 5.75 Å². The minimum Gasteiger partial charge on any atom is -0.492 e. The topological polar surface area (TPSA) is 78.1 Å². The Balaban J connectivity index is 1.95. The normalized spacial score (nSPS) is 18.6. The fourth-order valence-electron chi connectivity index (χ4n) is 2.21. The molecule has 0 radical (unpaired) electrons. The molecule has 0 aromatic heterocycles. The molecule has 1 N–H and O–H groups in total. The molecule has 1 aromatic carbocycles. The summed E-state index contributed by atoms with van der Waals surface area (Å²) in [6.07, 6.45) is 2.38. The van der Waals surface area contributed by atoms with Crippen molar-refractivity contribution in [2.75, 3.05) is 11.9 Å². The summed E-state index contributed by atoms with van der Waals surface area (Å²) in [4.78, 5) is 16.4. The zero-order valence-corrected chi connectivity index (χ0v) is 15.4. The van der Waals surface area contributed by atoms with Crippen molar-refractivity contribution in [3.05, 3.63) is 35.4 Å². The van der Waals surface area contributed by atoms with Crippen LogP contribution >= 0.6 is 27.7 Å². The second-order valence-electron chi connectivity index (χ2n) is 4.94. The van der Waals surface area contributed by atoms with E-state index in [4.69, 9.17) is 10.1 Å². The molecule has 0 bridgehead atoms. The first-order valence-corrected chi connectivity index (χ1v) is 9.34. The van der Waals surface area contributed by atoms with Crippen LogP contribution in [0.3, 0.4) is 0 Å². The fraction of sp³-hybridized carbons (Fsp3) is 0.250. The Kier molecular flexibility index (Phi) is 5.15. The Morgan fingerprint density at radius 2 is 2.21 bits per heavy atom. The van der Waals surface area contributed by atoms with Crippen molar-refractivity contribution >= 4 is 55.7 Å². The highest BCUT2D eigenvalue weighted by molar-refractivity contribution is 9.09. The van der Waals surface area contributed by atoms with Crippen molar-refractivity contribution in [3.63, 3.8) is 0 Å². The quantitative estimate of drug-likeness (QED) is 0.599. The summed E-state index contributed by atoms with van der Waals surface area (Å²) in [6.45, 7) is 2.49. The molecule has 0 aliphatic carbocycles. The predicted molar refractivity (Wildman–Crippen MR) is 101 cm³/mol. The maximum absolute atomic E-state index is 12.3. The number of thioether (sulfide) groups is 1. The van der Waals surface area contributed by atoms with Crippen molar-refractivity contribution in [2.24, 2.45) is 10.1 Å². The van der Waals surface area contributed by atoms with E-state index >= 15 is 0 Å². The minimum absolute atomic E-state index is 0.0382. The Hall–Kier alpha value is -1.93. The molecule has 24 heavy (non-hydrogen) atoms. The molecule has 3 rings (SSSR count). The highest BCUT2D eigenvalue weighted by Crippen LogP contribution is 2.30. The molecule has 124 valence electrons. The second-order valence-corrected chi connectivity index (χ2v) is 6.78. The minimum atomic E-state index is -0.429. The molecule has 0 unspecified atom stereocenters. The number of hydrazone groups is 1. The van der Waals surface area contributed by atoms with Gasteiger partial charge in [-0.2, -0.15) is 15.1 Å². The maximum Gasteiger partial charge on any atom is 0.283 e. The first-order chi connectivity index (χ1) is 11.6. The summed E-state index contributed by atoms with van der Waals surface area (Å²) < 4.78 is 5.67. The van der Waals surface area contributed by atoms with E-state index < -0.39 is 5.91 Å². The highest BCUT2D eigenvalue weighted by atomic mass is 79.9. The number of fused-ring (bicyclic) bond motifs is 1. The lowest BCUT2D eigenvalue weighted by Crippen LogP contribution is -2.35. The number of ether oxygens (including phenoxy) is 1. The summed E-state index contributed by atoms with van der Waals surface area (Å²) in [7, 11) is 0. The van der Waals surface area contributed by atoms with Gasteiger partial charge in [-0.1, -0.05) is 41.1 Å². The van der Waals surface area contributed by atoms with Gasteiger partial charge in [0.25, 0.3) is 5.91 Å². The smallest absolute Gasteiger partial charge is 0.283 e. The van der Waals surface area contributed by atoms with Crippen molar-refractivity contribution in [2.45, 2.75) is 13.3 Å². The molecule has 8 heteroatoms. The number of para-hydroxylation sites is 1. The Labute approximate surface area is 152 Å². The number of hydrogen-bond donors (Lipinski definition) is 1. The third kappa shape index (κ3) is 3.29. The van der Waals surface area contributed by atoms with Crippen LogP contribution < -0.4 is 4.74 Å². The van der Waals surface area contributed by atoms with Crippen LogP contribution in [0.15, 0.2) is 39.9 Å². The van der Waals surface area contributed by atoms with E-state index in [1.165, 1.54) is 16.8 Å². The van der Waals surface area contributed by atoms with E-state index in [1.807, 2.05) is 31.2 Å². The summed E-state index contributed by atoms with van der Waals surface area (Å²) in [5.41, 5.74) is 0.937. The number of alkyl halides is 1. The molecule has 0 fully saturated rings. The number of rotatable bonds is 5. The molecule has 0 saturated carbocycles. The highest BCUT2D eigenvalue weighted by Gasteiger charge is 2.35. The van der Waals surface area contributed by atoms with Gasteiger partial charge in [-0.25, -0.2) is 0 Å². The number of carbonyl (C=O) groups excluding carboxylic acids is 1. The fourth-order valence-corrected chi connectivity index (χ4v) is 3.20. The van der Waals surface area contributed by atoms with Crippen molar-refractivity contribution in [1.82, 2.24) is 5.01 Å². The lowest BCUT2D eigenvalue weighted by molar-refractivity contribution is -0.114. The van der Waals surface area contributed by atoms with Gasteiger partial charge < -0.3 is 4.74 Å². The number of benzene rings is 1. The predicted octanol–water partition coefficient (Wildman–Crippen LogP) is 3.49. The van der Waals surface area contributed by atoms with Crippen LogP contribution in [-0.4, -0.2) is 38.9 Å². The second kappa shape index (κ2) is 7.31. The number of amidine groups is 2. The number of aliphatic imine (C=N–C) groups is 1. The van der Waals surface area contributed by atoms with E-state index in [2.05, 4.69) is 26.0 Å². The lowest BCUT2D eigenvalue weighted by Gasteiger charge is -2.20. The van der Waals surface area contributed by atoms with Crippen LogP contribution in [-0.2, 0) is 4.79 Å². The third-order valence-corrected chi connectivity index (χ3v) is 4.73. The first kappa shape index (κ1) is 16.9.